The zero-order valence-corrected chi connectivity index (χ0v) is 16.0. The highest BCUT2D eigenvalue weighted by Crippen LogP contribution is 2.35. The fraction of sp³-hybridized carbons (Fsp3) is 0.250. The summed E-state index contributed by atoms with van der Waals surface area (Å²) in [5, 5.41) is 2.31. The summed E-state index contributed by atoms with van der Waals surface area (Å²) < 4.78 is 11.3. The van der Waals surface area contributed by atoms with Crippen LogP contribution >= 0.6 is 0 Å². The maximum absolute atomic E-state index is 12.8. The van der Waals surface area contributed by atoms with Crippen LogP contribution in [-0.4, -0.2) is 41.3 Å². The molecule has 2 aromatic carbocycles. The van der Waals surface area contributed by atoms with E-state index in [2.05, 4.69) is 23.2 Å². The molecule has 29 heavy (non-hydrogen) atoms. The van der Waals surface area contributed by atoms with E-state index in [-0.39, 0.29) is 24.8 Å². The number of amides is 1. The van der Waals surface area contributed by atoms with Gasteiger partial charge in [0.15, 0.2) is 0 Å². The minimum Gasteiger partial charge on any atom is -0.445 e. The lowest BCUT2D eigenvalue weighted by Crippen LogP contribution is -2.56. The van der Waals surface area contributed by atoms with Gasteiger partial charge in [-0.05, 0) is 22.9 Å². The Morgan fingerprint density at radius 1 is 1.07 bits per heavy atom. The van der Waals surface area contributed by atoms with Crippen molar-refractivity contribution >= 4 is 22.4 Å². The van der Waals surface area contributed by atoms with Crippen LogP contribution in [0.4, 0.5) is 4.79 Å². The first-order valence-electron chi connectivity index (χ1n) is 9.90. The second-order valence-electron chi connectivity index (χ2n) is 7.51. The van der Waals surface area contributed by atoms with Crippen LogP contribution in [-0.2, 0) is 16.1 Å². The normalized spacial score (nSPS) is 21.0. The van der Waals surface area contributed by atoms with Crippen LogP contribution < -0.4 is 0 Å². The molecular formula is C24H22N2O3. The predicted molar refractivity (Wildman–Crippen MR) is 111 cm³/mol. The topological polar surface area (TPSA) is 51.7 Å². The van der Waals surface area contributed by atoms with Crippen LogP contribution in [0.5, 0.6) is 0 Å². The van der Waals surface area contributed by atoms with Gasteiger partial charge < -0.3 is 9.47 Å². The third-order valence-corrected chi connectivity index (χ3v) is 5.63. The number of ether oxygens (including phenoxy) is 2. The lowest BCUT2D eigenvalue weighted by atomic mass is 9.89. The first kappa shape index (κ1) is 17.9. The van der Waals surface area contributed by atoms with Crippen LogP contribution in [0.25, 0.3) is 16.3 Å². The molecule has 5 heteroatoms. The highest BCUT2D eigenvalue weighted by molar-refractivity contribution is 5.93. The smallest absolute Gasteiger partial charge is 0.411 e. The number of rotatable bonds is 3. The third kappa shape index (κ3) is 3.49. The van der Waals surface area contributed by atoms with Crippen molar-refractivity contribution in [1.82, 2.24) is 9.88 Å². The van der Waals surface area contributed by atoms with Crippen LogP contribution in [0.3, 0.4) is 0 Å². The monoisotopic (exact) mass is 386 g/mol. The molecule has 2 unspecified atom stereocenters. The van der Waals surface area contributed by atoms with Gasteiger partial charge in [-0.3, -0.25) is 9.88 Å². The fourth-order valence-corrected chi connectivity index (χ4v) is 4.25. The summed E-state index contributed by atoms with van der Waals surface area (Å²) >= 11 is 0. The molecule has 5 rings (SSSR count). The molecule has 2 atom stereocenters. The molecule has 3 aromatic rings. The van der Waals surface area contributed by atoms with Crippen molar-refractivity contribution in [1.29, 1.82) is 0 Å². The highest BCUT2D eigenvalue weighted by atomic mass is 16.6. The molecular weight excluding hydrogens is 364 g/mol. The Labute approximate surface area is 169 Å². The number of nitrogens with zero attached hydrogens (tertiary/aromatic N) is 2. The Morgan fingerprint density at radius 2 is 1.90 bits per heavy atom. The summed E-state index contributed by atoms with van der Waals surface area (Å²) in [6.45, 7) is 1.28. The number of fused-ring (bicyclic) bond motifs is 3. The molecule has 2 aliphatic rings. The summed E-state index contributed by atoms with van der Waals surface area (Å²) in [4.78, 5) is 19.1. The van der Waals surface area contributed by atoms with Gasteiger partial charge in [-0.1, -0.05) is 60.7 Å². The Morgan fingerprint density at radius 3 is 2.76 bits per heavy atom. The van der Waals surface area contributed by atoms with Gasteiger partial charge in [0.05, 0.1) is 25.3 Å². The molecule has 0 N–H and O–H groups in total. The van der Waals surface area contributed by atoms with Gasteiger partial charge in [0, 0.05) is 23.3 Å². The number of hydrogen-bond donors (Lipinski definition) is 0. The van der Waals surface area contributed by atoms with E-state index in [0.717, 1.165) is 22.9 Å². The summed E-state index contributed by atoms with van der Waals surface area (Å²) in [5.41, 5.74) is 3.34. The quantitative estimate of drug-likeness (QED) is 0.668. The van der Waals surface area contributed by atoms with Crippen LogP contribution in [0, 0.1) is 0 Å². The molecule has 1 saturated heterocycles. The van der Waals surface area contributed by atoms with E-state index in [1.54, 1.807) is 0 Å². The highest BCUT2D eigenvalue weighted by Gasteiger charge is 2.39. The van der Waals surface area contributed by atoms with Crippen LogP contribution in [0.1, 0.15) is 17.5 Å². The molecule has 0 aliphatic carbocycles. The average molecular weight is 386 g/mol. The Hall–Kier alpha value is -3.18. The first-order chi connectivity index (χ1) is 14.3. The fourth-order valence-electron chi connectivity index (χ4n) is 4.25. The Balaban J connectivity index is 1.40. The molecule has 0 spiro atoms. The van der Waals surface area contributed by atoms with Gasteiger partial charge >= 0.3 is 6.09 Å². The molecule has 5 nitrogen and oxygen atoms in total. The number of carbonyl (C=O) groups excluding carboxylic acids is 1. The zero-order valence-electron chi connectivity index (χ0n) is 16.0. The summed E-state index contributed by atoms with van der Waals surface area (Å²) in [7, 11) is 0. The molecule has 1 aromatic heterocycles. The molecule has 2 aliphatic heterocycles. The zero-order chi connectivity index (χ0) is 19.6. The van der Waals surface area contributed by atoms with E-state index in [0.29, 0.717) is 13.2 Å². The largest absolute Gasteiger partial charge is 0.445 e. The number of morpholine rings is 1. The average Bonchev–Trinajstić information content (AvgIpc) is 2.77. The second-order valence-corrected chi connectivity index (χ2v) is 7.51. The minimum atomic E-state index is -0.279. The third-order valence-electron chi connectivity index (χ3n) is 5.63. The van der Waals surface area contributed by atoms with Gasteiger partial charge in [0.25, 0.3) is 0 Å². The van der Waals surface area contributed by atoms with Crippen molar-refractivity contribution in [3.63, 3.8) is 0 Å². The standard InChI is InChI=1S/C24H22N2O3/c27-24(29-14-17-6-2-1-3-7-17)26-20-10-19(11-21(26)16-28-15-20)23-13-25-12-18-8-4-5-9-22(18)23/h1-10,12-13,20-21H,11,14-16H2. The van der Waals surface area contributed by atoms with Gasteiger partial charge in [-0.2, -0.15) is 0 Å². The SMILES string of the molecule is O=C(OCc1ccccc1)N1C2C=C(c3cncc4ccccc34)CC1COC2. The lowest BCUT2D eigenvalue weighted by Gasteiger charge is -2.43. The molecule has 0 radical (unpaired) electrons. The summed E-state index contributed by atoms with van der Waals surface area (Å²) in [6.07, 6.45) is 6.40. The number of aromatic nitrogens is 1. The molecule has 1 fully saturated rings. The maximum Gasteiger partial charge on any atom is 0.411 e. The first-order valence-corrected chi connectivity index (χ1v) is 9.90. The van der Waals surface area contributed by atoms with E-state index in [1.165, 1.54) is 11.0 Å². The van der Waals surface area contributed by atoms with Crippen molar-refractivity contribution < 1.29 is 14.3 Å². The number of benzene rings is 2. The van der Waals surface area contributed by atoms with Crippen LogP contribution in [0.2, 0.25) is 0 Å². The van der Waals surface area contributed by atoms with Gasteiger partial charge in [-0.15, -0.1) is 0 Å². The van der Waals surface area contributed by atoms with E-state index in [1.807, 2.05) is 59.8 Å². The van der Waals surface area contributed by atoms with Crippen molar-refractivity contribution in [3.8, 4) is 0 Å². The van der Waals surface area contributed by atoms with Crippen molar-refractivity contribution in [2.75, 3.05) is 13.2 Å². The Kier molecular flexibility index (Phi) is 4.74. The van der Waals surface area contributed by atoms with Crippen molar-refractivity contribution in [2.45, 2.75) is 25.1 Å². The lowest BCUT2D eigenvalue weighted by molar-refractivity contribution is -0.0342. The van der Waals surface area contributed by atoms with E-state index < -0.39 is 0 Å². The van der Waals surface area contributed by atoms with Gasteiger partial charge in [-0.25, -0.2) is 4.79 Å². The predicted octanol–water partition coefficient (Wildman–Crippen LogP) is 4.43. The number of carbonyl (C=O) groups is 1. The Bertz CT molecular complexity index is 1060. The van der Waals surface area contributed by atoms with Crippen molar-refractivity contribution in [3.05, 3.63) is 84.2 Å². The minimum absolute atomic E-state index is 0.0315. The maximum atomic E-state index is 12.8. The molecule has 2 bridgehead atoms. The molecule has 0 saturated carbocycles. The van der Waals surface area contributed by atoms with E-state index in [4.69, 9.17) is 9.47 Å². The molecule has 146 valence electrons. The van der Waals surface area contributed by atoms with E-state index >= 15 is 0 Å². The van der Waals surface area contributed by atoms with E-state index in [9.17, 15) is 4.79 Å². The summed E-state index contributed by atoms with van der Waals surface area (Å²) in [6, 6.07) is 17.9. The second kappa shape index (κ2) is 7.68. The molecule has 3 heterocycles. The van der Waals surface area contributed by atoms with Crippen molar-refractivity contribution in [2.24, 2.45) is 0 Å². The van der Waals surface area contributed by atoms with Crippen LogP contribution in [0.15, 0.2) is 73.1 Å². The molecule has 1 amide bonds. The number of pyridine rings is 1. The van der Waals surface area contributed by atoms with Gasteiger partial charge in [0.2, 0.25) is 0 Å². The summed E-state index contributed by atoms with van der Waals surface area (Å²) in [5.74, 6) is 0. The number of hydrogen-bond acceptors (Lipinski definition) is 4. The van der Waals surface area contributed by atoms with Gasteiger partial charge in [0.1, 0.15) is 6.61 Å².